The van der Waals surface area contributed by atoms with Gasteiger partial charge >= 0.3 is 0 Å². The molecule has 2 N–H and O–H groups in total. The number of sulfonamides is 1. The molecule has 0 unspecified atom stereocenters. The minimum Gasteiger partial charge on any atom is -0.326 e. The lowest BCUT2D eigenvalue weighted by Gasteiger charge is -2.24. The second-order valence-electron chi connectivity index (χ2n) is 6.06. The Kier molecular flexibility index (Phi) is 5.29. The number of halogens is 1. The molecule has 6 nitrogen and oxygen atoms in total. The van der Waals surface area contributed by atoms with Crippen LogP contribution in [0.2, 0.25) is 5.02 Å². The maximum atomic E-state index is 12.4. The van der Waals surface area contributed by atoms with E-state index in [2.05, 4.69) is 5.32 Å². The molecule has 1 saturated carbocycles. The molecule has 0 radical (unpaired) electrons. The van der Waals surface area contributed by atoms with E-state index in [-0.39, 0.29) is 27.3 Å². The molecule has 0 saturated heterocycles. The van der Waals surface area contributed by atoms with E-state index in [1.54, 1.807) is 12.1 Å². The molecule has 0 heterocycles. The fourth-order valence-electron chi connectivity index (χ4n) is 2.51. The number of carbonyl (C=O) groups is 2. The number of hydrogen-bond acceptors (Lipinski definition) is 4. The number of nitrogens with one attached hydrogen (secondary N) is 2. The Morgan fingerprint density at radius 3 is 2.23 bits per heavy atom. The summed E-state index contributed by atoms with van der Waals surface area (Å²) in [5.74, 6) is -0.829. The molecule has 1 fully saturated rings. The largest absolute Gasteiger partial charge is 0.326 e. The van der Waals surface area contributed by atoms with Crippen molar-refractivity contribution >= 4 is 39.1 Å². The maximum absolute atomic E-state index is 12.4. The zero-order valence-corrected chi connectivity index (χ0v) is 15.3. The Labute approximate surface area is 156 Å². The van der Waals surface area contributed by atoms with Crippen LogP contribution in [0.4, 0.5) is 5.69 Å². The van der Waals surface area contributed by atoms with E-state index < -0.39 is 15.9 Å². The highest BCUT2D eigenvalue weighted by atomic mass is 35.5. The molecule has 2 aromatic rings. The summed E-state index contributed by atoms with van der Waals surface area (Å²) >= 11 is 5.91. The van der Waals surface area contributed by atoms with Crippen LogP contribution in [0.15, 0.2) is 53.4 Å². The number of anilines is 1. The van der Waals surface area contributed by atoms with Gasteiger partial charge in [0.25, 0.3) is 15.9 Å². The molecule has 2 amide bonds. The summed E-state index contributed by atoms with van der Waals surface area (Å²) in [6, 6.07) is 11.8. The maximum Gasteiger partial charge on any atom is 0.266 e. The molecule has 136 valence electrons. The van der Waals surface area contributed by atoms with E-state index in [1.165, 1.54) is 36.4 Å². The van der Waals surface area contributed by atoms with Gasteiger partial charge in [0.2, 0.25) is 5.91 Å². The summed E-state index contributed by atoms with van der Waals surface area (Å²) in [5.41, 5.74) is 0.584. The molecule has 2 aromatic carbocycles. The van der Waals surface area contributed by atoms with Crippen LogP contribution in [0.1, 0.15) is 29.6 Å². The second kappa shape index (κ2) is 7.47. The minimum absolute atomic E-state index is 0.0355. The number of amides is 2. The summed E-state index contributed by atoms with van der Waals surface area (Å²) in [6.07, 6.45) is 2.82. The molecule has 1 aliphatic rings. The van der Waals surface area contributed by atoms with Crippen molar-refractivity contribution in [3.8, 4) is 0 Å². The third-order valence-electron chi connectivity index (χ3n) is 4.25. The van der Waals surface area contributed by atoms with E-state index in [0.717, 1.165) is 19.3 Å². The molecule has 0 spiro atoms. The van der Waals surface area contributed by atoms with Gasteiger partial charge in [0, 0.05) is 11.6 Å². The minimum atomic E-state index is -4.05. The number of hydrogen-bond donors (Lipinski definition) is 2. The van der Waals surface area contributed by atoms with Crippen LogP contribution in [0.3, 0.4) is 0 Å². The lowest BCUT2D eigenvalue weighted by atomic mass is 9.85. The molecule has 0 aromatic heterocycles. The summed E-state index contributed by atoms with van der Waals surface area (Å²) < 4.78 is 26.7. The molecular weight excluding hydrogens is 376 g/mol. The first-order valence-electron chi connectivity index (χ1n) is 8.09. The molecule has 8 heteroatoms. The number of rotatable bonds is 5. The SMILES string of the molecule is O=C(NS(=O)(=O)c1ccc(NC(=O)C2CCC2)cc1)c1ccccc1Cl. The van der Waals surface area contributed by atoms with Crippen LogP contribution in [0.5, 0.6) is 0 Å². The number of carbonyl (C=O) groups excluding carboxylic acids is 2. The monoisotopic (exact) mass is 392 g/mol. The van der Waals surface area contributed by atoms with Gasteiger partial charge in [-0.25, -0.2) is 13.1 Å². The Morgan fingerprint density at radius 2 is 1.65 bits per heavy atom. The summed E-state index contributed by atoms with van der Waals surface area (Å²) in [7, 11) is -4.05. The van der Waals surface area contributed by atoms with Crippen LogP contribution in [-0.4, -0.2) is 20.2 Å². The molecule has 3 rings (SSSR count). The summed E-state index contributed by atoms with van der Waals surface area (Å²) in [5, 5.41) is 2.92. The van der Waals surface area contributed by atoms with Gasteiger partial charge in [0.15, 0.2) is 0 Å². The molecular formula is C18H17ClN2O4S. The van der Waals surface area contributed by atoms with Gasteiger partial charge in [0.05, 0.1) is 15.5 Å². The van der Waals surface area contributed by atoms with Crippen molar-refractivity contribution in [3.05, 3.63) is 59.1 Å². The molecule has 1 aliphatic carbocycles. The van der Waals surface area contributed by atoms with E-state index in [0.29, 0.717) is 5.69 Å². The van der Waals surface area contributed by atoms with Crippen LogP contribution < -0.4 is 10.0 Å². The Balaban J connectivity index is 1.70. The molecule has 0 aliphatic heterocycles. The normalized spacial score (nSPS) is 14.3. The van der Waals surface area contributed by atoms with Gasteiger partial charge in [-0.15, -0.1) is 0 Å². The van der Waals surface area contributed by atoms with Crippen LogP contribution in [0, 0.1) is 5.92 Å². The van der Waals surface area contributed by atoms with E-state index in [1.807, 2.05) is 4.72 Å². The Morgan fingerprint density at radius 1 is 1.00 bits per heavy atom. The van der Waals surface area contributed by atoms with Crippen LogP contribution >= 0.6 is 11.6 Å². The topological polar surface area (TPSA) is 92.3 Å². The standard InChI is InChI=1S/C18H17ClN2O4S/c19-16-7-2-1-6-15(16)18(23)21-26(24,25)14-10-8-13(9-11-14)20-17(22)12-4-3-5-12/h1-2,6-12H,3-5H2,(H,20,22)(H,21,23). The van der Waals surface area contributed by atoms with Gasteiger partial charge in [-0.1, -0.05) is 30.2 Å². The molecule has 26 heavy (non-hydrogen) atoms. The van der Waals surface area contributed by atoms with Crippen molar-refractivity contribution < 1.29 is 18.0 Å². The highest BCUT2D eigenvalue weighted by Gasteiger charge is 2.25. The lowest BCUT2D eigenvalue weighted by molar-refractivity contribution is -0.122. The fraction of sp³-hybridized carbons (Fsp3) is 0.222. The van der Waals surface area contributed by atoms with E-state index >= 15 is 0 Å². The van der Waals surface area contributed by atoms with Crippen LogP contribution in [0.25, 0.3) is 0 Å². The predicted molar refractivity (Wildman–Crippen MR) is 98.5 cm³/mol. The van der Waals surface area contributed by atoms with E-state index in [9.17, 15) is 18.0 Å². The van der Waals surface area contributed by atoms with Gasteiger partial charge in [0.1, 0.15) is 0 Å². The second-order valence-corrected chi connectivity index (χ2v) is 8.15. The summed E-state index contributed by atoms with van der Waals surface area (Å²) in [6.45, 7) is 0. The quantitative estimate of drug-likeness (QED) is 0.817. The third kappa shape index (κ3) is 4.05. The number of benzene rings is 2. The van der Waals surface area contributed by atoms with Crippen molar-refractivity contribution in [3.63, 3.8) is 0 Å². The smallest absolute Gasteiger partial charge is 0.266 e. The molecule has 0 bridgehead atoms. The first-order chi connectivity index (χ1) is 12.4. The Bertz CT molecular complexity index is 938. The summed E-state index contributed by atoms with van der Waals surface area (Å²) in [4.78, 5) is 24.0. The zero-order valence-electron chi connectivity index (χ0n) is 13.7. The van der Waals surface area contributed by atoms with Gasteiger partial charge in [-0.3, -0.25) is 9.59 Å². The van der Waals surface area contributed by atoms with Crippen molar-refractivity contribution in [2.24, 2.45) is 5.92 Å². The highest BCUT2D eigenvalue weighted by molar-refractivity contribution is 7.90. The third-order valence-corrected chi connectivity index (χ3v) is 5.93. The van der Waals surface area contributed by atoms with E-state index in [4.69, 9.17) is 11.6 Å². The highest BCUT2D eigenvalue weighted by Crippen LogP contribution is 2.27. The fourth-order valence-corrected chi connectivity index (χ4v) is 3.70. The van der Waals surface area contributed by atoms with Crippen molar-refractivity contribution in [1.29, 1.82) is 0 Å². The van der Waals surface area contributed by atoms with Crippen molar-refractivity contribution in [1.82, 2.24) is 4.72 Å². The average Bonchev–Trinajstić information content (AvgIpc) is 2.53. The van der Waals surface area contributed by atoms with Gasteiger partial charge < -0.3 is 5.32 Å². The van der Waals surface area contributed by atoms with Crippen LogP contribution in [-0.2, 0) is 14.8 Å². The first-order valence-corrected chi connectivity index (χ1v) is 9.95. The lowest BCUT2D eigenvalue weighted by Crippen LogP contribution is -2.31. The first kappa shape index (κ1) is 18.4. The van der Waals surface area contributed by atoms with Crippen molar-refractivity contribution in [2.45, 2.75) is 24.2 Å². The predicted octanol–water partition coefficient (Wildman–Crippen LogP) is 3.20. The van der Waals surface area contributed by atoms with Crippen molar-refractivity contribution in [2.75, 3.05) is 5.32 Å². The van der Waals surface area contributed by atoms with Gasteiger partial charge in [-0.05, 0) is 49.2 Å². The zero-order chi connectivity index (χ0) is 18.7. The molecule has 0 atom stereocenters. The average molecular weight is 393 g/mol. The van der Waals surface area contributed by atoms with Gasteiger partial charge in [-0.2, -0.15) is 0 Å². The Hall–Kier alpha value is -2.38.